The Kier molecular flexibility index (Phi) is 3.00. The molecule has 0 radical (unpaired) electrons. The second-order valence-electron chi connectivity index (χ2n) is 4.13. The molecule has 2 N–H and O–H groups in total. The molecule has 0 aliphatic heterocycles. The summed E-state index contributed by atoms with van der Waals surface area (Å²) in [5.74, 6) is 0. The van der Waals surface area contributed by atoms with Crippen LogP contribution in [0.15, 0.2) is 42.7 Å². The molecule has 1 unspecified atom stereocenters. The quantitative estimate of drug-likeness (QED) is 0.781. The molecule has 5 heteroatoms. The highest BCUT2D eigenvalue weighted by atomic mass is 32.1. The van der Waals surface area contributed by atoms with Gasteiger partial charge in [0.25, 0.3) is 0 Å². The summed E-state index contributed by atoms with van der Waals surface area (Å²) in [6.45, 7) is 0. The van der Waals surface area contributed by atoms with Crippen molar-refractivity contribution in [3.8, 4) is 0 Å². The maximum atomic E-state index is 6.15. The molecule has 4 nitrogen and oxygen atoms in total. The molecule has 0 fully saturated rings. The zero-order valence-electron chi connectivity index (χ0n) is 9.65. The first kappa shape index (κ1) is 11.3. The van der Waals surface area contributed by atoms with E-state index in [1.54, 1.807) is 6.20 Å². The summed E-state index contributed by atoms with van der Waals surface area (Å²) < 4.78 is 8.17. The van der Waals surface area contributed by atoms with Crippen molar-refractivity contribution in [3.63, 3.8) is 0 Å². The van der Waals surface area contributed by atoms with Crippen molar-refractivity contribution < 1.29 is 0 Å². The maximum absolute atomic E-state index is 6.15. The lowest BCUT2D eigenvalue weighted by molar-refractivity contribution is 0.707. The summed E-state index contributed by atoms with van der Waals surface area (Å²) in [6, 6.07) is 9.99. The molecule has 2 heterocycles. The summed E-state index contributed by atoms with van der Waals surface area (Å²) in [6.07, 6.45) is 4.30. The number of nitrogens with two attached hydrogens (primary N) is 1. The molecule has 3 aromatic rings. The topological polar surface area (TPSA) is 64.7 Å². The van der Waals surface area contributed by atoms with Crippen LogP contribution in [-0.4, -0.2) is 13.7 Å². The molecule has 0 spiro atoms. The first-order valence-corrected chi connectivity index (χ1v) is 6.43. The zero-order chi connectivity index (χ0) is 12.4. The average Bonchev–Trinajstić information content (AvgIpc) is 2.93. The standard InChI is InChI=1S/C13H12N4S/c14-11(13-8-16-18-17-13)7-9-5-6-15-12-4-2-1-3-10(9)12/h1-6,8,11H,7,14H2. The third kappa shape index (κ3) is 2.10. The first-order chi connectivity index (χ1) is 8.84. The number of nitrogens with zero attached hydrogens (tertiary/aromatic N) is 3. The summed E-state index contributed by atoms with van der Waals surface area (Å²) in [4.78, 5) is 4.35. The van der Waals surface area contributed by atoms with Gasteiger partial charge in [-0.1, -0.05) is 18.2 Å². The van der Waals surface area contributed by atoms with Crippen molar-refractivity contribution in [1.82, 2.24) is 13.7 Å². The maximum Gasteiger partial charge on any atom is 0.0913 e. The van der Waals surface area contributed by atoms with Crippen molar-refractivity contribution >= 4 is 22.6 Å². The van der Waals surface area contributed by atoms with E-state index in [4.69, 9.17) is 5.73 Å². The van der Waals surface area contributed by atoms with Gasteiger partial charge in [-0.05, 0) is 24.1 Å². The Bertz CT molecular complexity index is 646. The van der Waals surface area contributed by atoms with Gasteiger partial charge < -0.3 is 5.73 Å². The summed E-state index contributed by atoms with van der Waals surface area (Å²) in [7, 11) is 0. The molecular weight excluding hydrogens is 244 g/mol. The van der Waals surface area contributed by atoms with Crippen molar-refractivity contribution in [3.05, 3.63) is 54.0 Å². The number of para-hydroxylation sites is 1. The van der Waals surface area contributed by atoms with Crippen LogP contribution in [0.25, 0.3) is 10.9 Å². The Morgan fingerprint density at radius 2 is 2.11 bits per heavy atom. The normalized spacial score (nSPS) is 12.7. The predicted octanol–water partition coefficient (Wildman–Crippen LogP) is 2.33. The minimum Gasteiger partial charge on any atom is -0.322 e. The van der Waals surface area contributed by atoms with Crippen LogP contribution in [0.5, 0.6) is 0 Å². The Hall–Kier alpha value is -1.85. The molecule has 0 amide bonds. The number of hydrogen-bond donors (Lipinski definition) is 1. The lowest BCUT2D eigenvalue weighted by Gasteiger charge is -2.10. The van der Waals surface area contributed by atoms with Crippen molar-refractivity contribution in [2.75, 3.05) is 0 Å². The fraction of sp³-hybridized carbons (Fsp3) is 0.154. The molecule has 0 aliphatic rings. The van der Waals surface area contributed by atoms with Crippen LogP contribution in [-0.2, 0) is 6.42 Å². The van der Waals surface area contributed by atoms with Crippen molar-refractivity contribution in [2.45, 2.75) is 12.5 Å². The second kappa shape index (κ2) is 4.80. The second-order valence-corrected chi connectivity index (χ2v) is 4.69. The van der Waals surface area contributed by atoms with Gasteiger partial charge in [-0.25, -0.2) is 0 Å². The van der Waals surface area contributed by atoms with Gasteiger partial charge in [0.1, 0.15) is 0 Å². The number of pyridine rings is 1. The van der Waals surface area contributed by atoms with Gasteiger partial charge >= 0.3 is 0 Å². The zero-order valence-corrected chi connectivity index (χ0v) is 10.5. The Balaban J connectivity index is 1.95. The molecule has 1 atom stereocenters. The van der Waals surface area contributed by atoms with E-state index in [2.05, 4.69) is 19.8 Å². The highest BCUT2D eigenvalue weighted by Crippen LogP contribution is 2.21. The van der Waals surface area contributed by atoms with Gasteiger partial charge in [-0.3, -0.25) is 4.98 Å². The molecule has 90 valence electrons. The van der Waals surface area contributed by atoms with Crippen LogP contribution in [0.1, 0.15) is 17.3 Å². The van der Waals surface area contributed by atoms with Crippen LogP contribution in [0, 0.1) is 0 Å². The van der Waals surface area contributed by atoms with E-state index in [1.807, 2.05) is 30.5 Å². The Morgan fingerprint density at radius 1 is 1.22 bits per heavy atom. The fourth-order valence-electron chi connectivity index (χ4n) is 2.01. The van der Waals surface area contributed by atoms with E-state index in [0.717, 1.165) is 23.0 Å². The number of benzene rings is 1. The molecule has 0 aliphatic carbocycles. The Morgan fingerprint density at radius 3 is 2.94 bits per heavy atom. The molecule has 1 aromatic carbocycles. The average molecular weight is 256 g/mol. The first-order valence-electron chi connectivity index (χ1n) is 5.70. The summed E-state index contributed by atoms with van der Waals surface area (Å²) in [5.41, 5.74) is 9.19. The molecule has 0 bridgehead atoms. The molecule has 3 rings (SSSR count). The van der Waals surface area contributed by atoms with Crippen LogP contribution in [0.3, 0.4) is 0 Å². The Labute approximate surface area is 109 Å². The van der Waals surface area contributed by atoms with Gasteiger partial charge in [0.2, 0.25) is 0 Å². The monoisotopic (exact) mass is 256 g/mol. The van der Waals surface area contributed by atoms with Crippen LogP contribution < -0.4 is 5.73 Å². The van der Waals surface area contributed by atoms with Gasteiger partial charge in [-0.2, -0.15) is 8.75 Å². The molecule has 0 saturated heterocycles. The third-order valence-corrected chi connectivity index (χ3v) is 3.43. The van der Waals surface area contributed by atoms with Crippen LogP contribution >= 0.6 is 11.7 Å². The summed E-state index contributed by atoms with van der Waals surface area (Å²) in [5, 5.41) is 1.15. The number of hydrogen-bond acceptors (Lipinski definition) is 5. The van der Waals surface area contributed by atoms with E-state index in [1.165, 1.54) is 17.3 Å². The molecule has 0 saturated carbocycles. The lowest BCUT2D eigenvalue weighted by atomic mass is 10.0. The number of fused-ring (bicyclic) bond motifs is 1. The van der Waals surface area contributed by atoms with Crippen LogP contribution in [0.2, 0.25) is 0 Å². The predicted molar refractivity (Wildman–Crippen MR) is 72.3 cm³/mol. The van der Waals surface area contributed by atoms with Gasteiger partial charge in [-0.15, -0.1) is 0 Å². The van der Waals surface area contributed by atoms with E-state index >= 15 is 0 Å². The number of aromatic nitrogens is 3. The van der Waals surface area contributed by atoms with E-state index in [9.17, 15) is 0 Å². The highest BCUT2D eigenvalue weighted by molar-refractivity contribution is 6.99. The third-order valence-electron chi connectivity index (χ3n) is 2.94. The van der Waals surface area contributed by atoms with E-state index in [-0.39, 0.29) is 6.04 Å². The van der Waals surface area contributed by atoms with E-state index < -0.39 is 0 Å². The molecule has 18 heavy (non-hydrogen) atoms. The van der Waals surface area contributed by atoms with Crippen molar-refractivity contribution in [1.29, 1.82) is 0 Å². The minimum atomic E-state index is -0.116. The fourth-order valence-corrected chi connectivity index (χ4v) is 2.49. The lowest BCUT2D eigenvalue weighted by Crippen LogP contribution is -2.13. The van der Waals surface area contributed by atoms with Crippen LogP contribution in [0.4, 0.5) is 0 Å². The minimum absolute atomic E-state index is 0.116. The summed E-state index contributed by atoms with van der Waals surface area (Å²) >= 11 is 1.19. The van der Waals surface area contributed by atoms with Crippen molar-refractivity contribution in [2.24, 2.45) is 5.73 Å². The highest BCUT2D eigenvalue weighted by Gasteiger charge is 2.11. The SMILES string of the molecule is NC(Cc1ccnc2ccccc12)c1cnsn1. The van der Waals surface area contributed by atoms with E-state index in [0.29, 0.717) is 0 Å². The van der Waals surface area contributed by atoms with Gasteiger partial charge in [0.05, 0.1) is 35.2 Å². The molecular formula is C13H12N4S. The largest absolute Gasteiger partial charge is 0.322 e. The molecule has 2 aromatic heterocycles. The smallest absolute Gasteiger partial charge is 0.0913 e. The van der Waals surface area contributed by atoms with Gasteiger partial charge in [0, 0.05) is 11.6 Å². The number of rotatable bonds is 3. The van der Waals surface area contributed by atoms with Gasteiger partial charge in [0.15, 0.2) is 0 Å².